The van der Waals surface area contributed by atoms with Crippen LogP contribution < -0.4 is 0 Å². The standard InChI is InChI=1S/C51H31N3OS/c1-4-14-32(15-5-1)35-20-12-21-36(30-35)38-28-29-39(48-47(38)40-22-10-11-24-43(40)55-48)37-26-27-41-45(31-37)56-44-25-13-23-42(46(41)44)51-53-49(33-16-6-2-7-17-33)52-50(54-51)34-18-8-3-9-19-34/h1-31H. The largest absolute Gasteiger partial charge is 0.455 e. The number of furan rings is 1. The third kappa shape index (κ3) is 5.48. The number of aromatic nitrogens is 3. The molecule has 0 aliphatic heterocycles. The van der Waals surface area contributed by atoms with Crippen LogP contribution >= 0.6 is 11.3 Å². The minimum absolute atomic E-state index is 0.651. The fourth-order valence-corrected chi connectivity index (χ4v) is 9.07. The first-order valence-electron chi connectivity index (χ1n) is 18.7. The normalized spacial score (nSPS) is 11.6. The Bertz CT molecular complexity index is 3180. The summed E-state index contributed by atoms with van der Waals surface area (Å²) in [6.07, 6.45) is 0. The Hall–Kier alpha value is -7.21. The van der Waals surface area contributed by atoms with E-state index in [0.717, 1.165) is 66.3 Å². The second kappa shape index (κ2) is 13.3. The Morgan fingerprint density at radius 1 is 0.339 bits per heavy atom. The lowest BCUT2D eigenvalue weighted by molar-refractivity contribution is 0.670. The highest BCUT2D eigenvalue weighted by molar-refractivity contribution is 7.26. The summed E-state index contributed by atoms with van der Waals surface area (Å²) in [5, 5.41) is 4.55. The molecule has 11 aromatic rings. The van der Waals surface area contributed by atoms with E-state index in [9.17, 15) is 0 Å². The van der Waals surface area contributed by atoms with Crippen LogP contribution in [0.25, 0.3) is 110 Å². The van der Waals surface area contributed by atoms with Crippen LogP contribution in [0.5, 0.6) is 0 Å². The maximum atomic E-state index is 6.74. The van der Waals surface area contributed by atoms with Gasteiger partial charge in [0.1, 0.15) is 11.2 Å². The molecule has 56 heavy (non-hydrogen) atoms. The highest BCUT2D eigenvalue weighted by atomic mass is 32.1. The monoisotopic (exact) mass is 733 g/mol. The lowest BCUT2D eigenvalue weighted by Crippen LogP contribution is -2.00. The van der Waals surface area contributed by atoms with Crippen LogP contribution in [0.4, 0.5) is 0 Å². The fraction of sp³-hybridized carbons (Fsp3) is 0. The van der Waals surface area contributed by atoms with Gasteiger partial charge < -0.3 is 4.42 Å². The van der Waals surface area contributed by atoms with Gasteiger partial charge in [-0.3, -0.25) is 0 Å². The van der Waals surface area contributed by atoms with Crippen molar-refractivity contribution in [2.24, 2.45) is 0 Å². The van der Waals surface area contributed by atoms with Gasteiger partial charge in [-0.1, -0.05) is 158 Å². The number of para-hydroxylation sites is 1. The molecule has 0 bridgehead atoms. The molecule has 0 atom stereocenters. The van der Waals surface area contributed by atoms with E-state index >= 15 is 0 Å². The van der Waals surface area contributed by atoms with Gasteiger partial charge in [0.15, 0.2) is 17.5 Å². The first-order chi connectivity index (χ1) is 27.7. The van der Waals surface area contributed by atoms with E-state index in [4.69, 9.17) is 19.4 Å². The van der Waals surface area contributed by atoms with E-state index in [2.05, 4.69) is 121 Å². The Labute approximate surface area is 327 Å². The highest BCUT2D eigenvalue weighted by Crippen LogP contribution is 2.45. The number of benzene rings is 8. The molecule has 0 amide bonds. The minimum atomic E-state index is 0.651. The third-order valence-corrected chi connectivity index (χ3v) is 11.7. The first kappa shape index (κ1) is 32.2. The van der Waals surface area contributed by atoms with Gasteiger partial charge in [-0.2, -0.15) is 0 Å². The summed E-state index contributed by atoms with van der Waals surface area (Å²) in [6.45, 7) is 0. The summed E-state index contributed by atoms with van der Waals surface area (Å²) in [4.78, 5) is 15.1. The summed E-state index contributed by atoms with van der Waals surface area (Å²) in [5.74, 6) is 1.96. The highest BCUT2D eigenvalue weighted by Gasteiger charge is 2.20. The van der Waals surface area contributed by atoms with Crippen LogP contribution in [0, 0.1) is 0 Å². The average molecular weight is 734 g/mol. The zero-order chi connectivity index (χ0) is 37.0. The maximum absolute atomic E-state index is 6.74. The van der Waals surface area contributed by atoms with Crippen LogP contribution in [0.3, 0.4) is 0 Å². The van der Waals surface area contributed by atoms with Crippen molar-refractivity contribution in [2.75, 3.05) is 0 Å². The van der Waals surface area contributed by atoms with E-state index in [0.29, 0.717) is 17.5 Å². The first-order valence-corrected chi connectivity index (χ1v) is 19.5. The van der Waals surface area contributed by atoms with Crippen LogP contribution in [0.15, 0.2) is 192 Å². The maximum Gasteiger partial charge on any atom is 0.164 e. The van der Waals surface area contributed by atoms with Gasteiger partial charge in [0, 0.05) is 53.2 Å². The quantitative estimate of drug-likeness (QED) is 0.171. The molecule has 0 aliphatic carbocycles. The Balaban J connectivity index is 1.07. The van der Waals surface area contributed by atoms with Gasteiger partial charge >= 0.3 is 0 Å². The number of hydrogen-bond donors (Lipinski definition) is 0. The third-order valence-electron chi connectivity index (χ3n) is 10.6. The van der Waals surface area contributed by atoms with Gasteiger partial charge in [0.05, 0.1) is 0 Å². The Kier molecular flexibility index (Phi) is 7.64. The predicted octanol–water partition coefficient (Wildman–Crippen LogP) is 14.1. The molecule has 0 spiro atoms. The topological polar surface area (TPSA) is 51.8 Å². The Morgan fingerprint density at radius 3 is 1.68 bits per heavy atom. The average Bonchev–Trinajstić information content (AvgIpc) is 3.86. The Morgan fingerprint density at radius 2 is 0.929 bits per heavy atom. The molecule has 5 heteroatoms. The number of hydrogen-bond acceptors (Lipinski definition) is 5. The zero-order valence-corrected chi connectivity index (χ0v) is 30.9. The minimum Gasteiger partial charge on any atom is -0.455 e. The molecule has 0 fully saturated rings. The van der Waals surface area contributed by atoms with Crippen molar-refractivity contribution in [3.05, 3.63) is 188 Å². The van der Waals surface area contributed by atoms with Crippen molar-refractivity contribution in [3.63, 3.8) is 0 Å². The van der Waals surface area contributed by atoms with Crippen LogP contribution in [0.2, 0.25) is 0 Å². The van der Waals surface area contributed by atoms with Crippen molar-refractivity contribution in [2.45, 2.75) is 0 Å². The predicted molar refractivity (Wildman–Crippen MR) is 233 cm³/mol. The molecule has 3 heterocycles. The van der Waals surface area contributed by atoms with Crippen molar-refractivity contribution >= 4 is 53.4 Å². The van der Waals surface area contributed by atoms with Gasteiger partial charge in [-0.15, -0.1) is 11.3 Å². The molecule has 262 valence electrons. The second-order valence-corrected chi connectivity index (χ2v) is 15.0. The summed E-state index contributed by atoms with van der Waals surface area (Å²) in [7, 11) is 0. The second-order valence-electron chi connectivity index (χ2n) is 13.9. The molecule has 0 radical (unpaired) electrons. The molecule has 0 N–H and O–H groups in total. The van der Waals surface area contributed by atoms with Crippen LogP contribution in [0.1, 0.15) is 0 Å². The zero-order valence-electron chi connectivity index (χ0n) is 30.1. The molecular formula is C51H31N3OS. The molecule has 0 aliphatic rings. The molecule has 0 saturated carbocycles. The van der Waals surface area contributed by atoms with E-state index in [1.807, 2.05) is 66.7 Å². The van der Waals surface area contributed by atoms with Crippen LogP contribution in [-0.2, 0) is 0 Å². The molecule has 3 aromatic heterocycles. The summed E-state index contributed by atoms with van der Waals surface area (Å²) < 4.78 is 9.11. The smallest absolute Gasteiger partial charge is 0.164 e. The van der Waals surface area contributed by atoms with Crippen molar-refractivity contribution in [1.82, 2.24) is 15.0 Å². The molecule has 11 rings (SSSR count). The fourth-order valence-electron chi connectivity index (χ4n) is 7.90. The number of thiophene rings is 1. The van der Waals surface area contributed by atoms with Crippen molar-refractivity contribution in [3.8, 4) is 67.5 Å². The summed E-state index contributed by atoms with van der Waals surface area (Å²) in [6, 6.07) is 65.6. The summed E-state index contributed by atoms with van der Waals surface area (Å²) >= 11 is 1.79. The molecule has 4 nitrogen and oxygen atoms in total. The number of rotatable bonds is 6. The van der Waals surface area contributed by atoms with Crippen molar-refractivity contribution < 1.29 is 4.42 Å². The summed E-state index contributed by atoms with van der Waals surface area (Å²) in [5.41, 5.74) is 11.5. The van der Waals surface area contributed by atoms with E-state index in [-0.39, 0.29) is 0 Å². The number of fused-ring (bicyclic) bond motifs is 6. The van der Waals surface area contributed by atoms with Gasteiger partial charge in [0.25, 0.3) is 0 Å². The van der Waals surface area contributed by atoms with Gasteiger partial charge in [-0.05, 0) is 58.1 Å². The molecular weight excluding hydrogens is 703 g/mol. The van der Waals surface area contributed by atoms with E-state index in [1.54, 1.807) is 11.3 Å². The van der Waals surface area contributed by atoms with E-state index in [1.165, 1.54) is 25.9 Å². The van der Waals surface area contributed by atoms with Gasteiger partial charge in [-0.25, -0.2) is 15.0 Å². The van der Waals surface area contributed by atoms with Crippen molar-refractivity contribution in [1.29, 1.82) is 0 Å². The molecule has 0 unspecified atom stereocenters. The van der Waals surface area contributed by atoms with Crippen LogP contribution in [-0.4, -0.2) is 15.0 Å². The SMILES string of the molecule is c1ccc(-c2cccc(-c3ccc(-c4ccc5c(c4)sc4cccc(-c6nc(-c7ccccc7)nc(-c7ccccc7)n6)c45)c4oc5ccccc5c34)c2)cc1. The lowest BCUT2D eigenvalue weighted by Gasteiger charge is -2.11. The number of nitrogens with zero attached hydrogens (tertiary/aromatic N) is 3. The van der Waals surface area contributed by atoms with Gasteiger partial charge in [0.2, 0.25) is 0 Å². The molecule has 0 saturated heterocycles. The lowest BCUT2D eigenvalue weighted by atomic mass is 9.92. The molecule has 8 aromatic carbocycles. The van der Waals surface area contributed by atoms with E-state index < -0.39 is 0 Å².